The van der Waals surface area contributed by atoms with E-state index in [1.165, 1.54) is 12.1 Å². The number of anilines is 1. The zero-order valence-corrected chi connectivity index (χ0v) is 10.7. The third kappa shape index (κ3) is 2.13. The van der Waals surface area contributed by atoms with Gasteiger partial charge in [-0.05, 0) is 24.8 Å². The molecule has 1 aliphatic rings. The molecule has 7 heteroatoms. The number of nitrogens with two attached hydrogens (primary N) is 1. The Bertz CT molecular complexity index is 528. The molecular weight excluding hydrogens is 252 g/mol. The van der Waals surface area contributed by atoms with E-state index in [0.29, 0.717) is 18.8 Å². The average molecular weight is 266 g/mol. The third-order valence-corrected chi connectivity index (χ3v) is 3.61. The molecule has 4 N–H and O–H groups in total. The van der Waals surface area contributed by atoms with Gasteiger partial charge in [-0.2, -0.15) is 5.10 Å². The summed E-state index contributed by atoms with van der Waals surface area (Å²) in [6.07, 6.45) is 1.30. The number of amides is 1. The van der Waals surface area contributed by atoms with Crippen molar-refractivity contribution in [3.63, 3.8) is 0 Å². The summed E-state index contributed by atoms with van der Waals surface area (Å²) in [5, 5.41) is 8.59. The van der Waals surface area contributed by atoms with Crippen molar-refractivity contribution in [1.29, 1.82) is 0 Å². The topological polar surface area (TPSA) is 101 Å². The molecular formula is C11H14N4O2S. The first-order valence-electron chi connectivity index (χ1n) is 5.61. The van der Waals surface area contributed by atoms with E-state index < -0.39 is 5.41 Å². The van der Waals surface area contributed by atoms with Crippen LogP contribution in [0.25, 0.3) is 0 Å². The van der Waals surface area contributed by atoms with Crippen LogP contribution in [0.3, 0.4) is 0 Å². The maximum absolute atomic E-state index is 12.2. The molecule has 1 aromatic rings. The molecule has 0 saturated heterocycles. The number of H-pyrrole nitrogens is 1. The zero-order valence-electron chi connectivity index (χ0n) is 9.90. The summed E-state index contributed by atoms with van der Waals surface area (Å²) in [7, 11) is 0. The van der Waals surface area contributed by atoms with E-state index in [4.69, 9.17) is 18.0 Å². The molecule has 0 aliphatic heterocycles. The van der Waals surface area contributed by atoms with Crippen LogP contribution in [0.4, 0.5) is 5.82 Å². The number of carbonyl (C=O) groups is 1. The summed E-state index contributed by atoms with van der Waals surface area (Å²) < 4.78 is 0. The van der Waals surface area contributed by atoms with Gasteiger partial charge in [-0.3, -0.25) is 9.59 Å². The molecule has 0 aromatic carbocycles. The molecule has 1 heterocycles. The largest absolute Gasteiger partial charge is 0.392 e. The molecule has 1 saturated carbocycles. The lowest BCUT2D eigenvalue weighted by atomic mass is 9.62. The fourth-order valence-corrected chi connectivity index (χ4v) is 2.54. The van der Waals surface area contributed by atoms with Crippen LogP contribution >= 0.6 is 12.2 Å². The lowest BCUT2D eigenvalue weighted by molar-refractivity contribution is -0.127. The van der Waals surface area contributed by atoms with Crippen molar-refractivity contribution in [2.45, 2.75) is 19.8 Å². The molecule has 18 heavy (non-hydrogen) atoms. The van der Waals surface area contributed by atoms with Gasteiger partial charge in [0.2, 0.25) is 5.91 Å². The average Bonchev–Trinajstić information content (AvgIpc) is 2.27. The van der Waals surface area contributed by atoms with Crippen molar-refractivity contribution in [3.8, 4) is 0 Å². The lowest BCUT2D eigenvalue weighted by Gasteiger charge is -2.43. The van der Waals surface area contributed by atoms with Gasteiger partial charge in [0.1, 0.15) is 0 Å². The van der Waals surface area contributed by atoms with E-state index in [1.54, 1.807) is 0 Å². The fraction of sp³-hybridized carbons (Fsp3) is 0.455. The standard InChI is InChI=1S/C11H14N4O2S/c1-6-4-11(5-6,9(12)18)10(17)13-7-2-3-8(16)15-14-7/h2-3,6H,4-5H2,1H3,(H2,12,18)(H,15,16)(H,13,14,17). The van der Waals surface area contributed by atoms with E-state index in [-0.39, 0.29) is 22.3 Å². The van der Waals surface area contributed by atoms with Crippen LogP contribution in [0, 0.1) is 11.3 Å². The molecule has 2 rings (SSSR count). The lowest BCUT2D eigenvalue weighted by Crippen LogP contribution is -2.54. The van der Waals surface area contributed by atoms with Gasteiger partial charge in [-0.25, -0.2) is 5.10 Å². The van der Waals surface area contributed by atoms with Crippen LogP contribution in [0.15, 0.2) is 16.9 Å². The Hall–Kier alpha value is -1.76. The van der Waals surface area contributed by atoms with E-state index >= 15 is 0 Å². The van der Waals surface area contributed by atoms with Gasteiger partial charge >= 0.3 is 0 Å². The second kappa shape index (κ2) is 4.49. The Morgan fingerprint density at radius 3 is 2.72 bits per heavy atom. The molecule has 0 atom stereocenters. The summed E-state index contributed by atoms with van der Waals surface area (Å²) in [6.45, 7) is 2.04. The summed E-state index contributed by atoms with van der Waals surface area (Å²) in [6, 6.07) is 2.73. The summed E-state index contributed by atoms with van der Waals surface area (Å²) in [4.78, 5) is 23.2. The van der Waals surface area contributed by atoms with Crippen molar-refractivity contribution in [2.24, 2.45) is 17.1 Å². The SMILES string of the molecule is CC1CC(C(=O)Nc2ccc(=O)[nH]n2)(C(N)=S)C1. The Morgan fingerprint density at radius 2 is 2.28 bits per heavy atom. The van der Waals surface area contributed by atoms with Crippen LogP contribution < -0.4 is 16.6 Å². The highest BCUT2D eigenvalue weighted by Crippen LogP contribution is 2.46. The maximum atomic E-state index is 12.2. The zero-order chi connectivity index (χ0) is 13.3. The van der Waals surface area contributed by atoms with Crippen LogP contribution in [0.1, 0.15) is 19.8 Å². The van der Waals surface area contributed by atoms with E-state index in [0.717, 1.165) is 0 Å². The van der Waals surface area contributed by atoms with Crippen LogP contribution in [0.5, 0.6) is 0 Å². The van der Waals surface area contributed by atoms with Gasteiger partial charge in [0.15, 0.2) is 5.82 Å². The summed E-state index contributed by atoms with van der Waals surface area (Å²) in [5.41, 5.74) is 4.57. The highest BCUT2D eigenvalue weighted by atomic mass is 32.1. The fourth-order valence-electron chi connectivity index (χ4n) is 2.28. The molecule has 6 nitrogen and oxygen atoms in total. The minimum atomic E-state index is -0.771. The predicted octanol–water partition coefficient (Wildman–Crippen LogP) is 0.411. The second-order valence-corrected chi connectivity index (χ2v) is 5.16. The number of thiocarbonyl (C=S) groups is 1. The first-order chi connectivity index (χ1) is 8.44. The van der Waals surface area contributed by atoms with Crippen molar-refractivity contribution in [3.05, 3.63) is 22.5 Å². The first-order valence-corrected chi connectivity index (χ1v) is 6.02. The quantitative estimate of drug-likeness (QED) is 0.688. The van der Waals surface area contributed by atoms with Crippen molar-refractivity contribution in [2.75, 3.05) is 5.32 Å². The van der Waals surface area contributed by atoms with Gasteiger partial charge in [0.05, 0.1) is 10.4 Å². The van der Waals surface area contributed by atoms with Gasteiger partial charge in [-0.15, -0.1) is 0 Å². The number of hydrogen-bond acceptors (Lipinski definition) is 4. The third-order valence-electron chi connectivity index (χ3n) is 3.22. The van der Waals surface area contributed by atoms with Gasteiger partial charge in [-0.1, -0.05) is 19.1 Å². The molecule has 1 aliphatic carbocycles. The van der Waals surface area contributed by atoms with Gasteiger partial charge in [0.25, 0.3) is 5.56 Å². The highest BCUT2D eigenvalue weighted by molar-refractivity contribution is 7.80. The number of aromatic amines is 1. The first kappa shape index (κ1) is 12.7. The predicted molar refractivity (Wildman–Crippen MR) is 71.1 cm³/mol. The minimum absolute atomic E-state index is 0.211. The molecule has 1 amide bonds. The monoisotopic (exact) mass is 266 g/mol. The van der Waals surface area contributed by atoms with Crippen LogP contribution in [-0.4, -0.2) is 21.1 Å². The Balaban J connectivity index is 2.14. The maximum Gasteiger partial charge on any atom is 0.264 e. The van der Waals surface area contributed by atoms with Crippen molar-refractivity contribution >= 4 is 28.9 Å². The number of nitrogens with zero attached hydrogens (tertiary/aromatic N) is 1. The van der Waals surface area contributed by atoms with Crippen LogP contribution in [-0.2, 0) is 4.79 Å². The second-order valence-electron chi connectivity index (χ2n) is 4.72. The number of carbonyl (C=O) groups excluding carboxylic acids is 1. The van der Waals surface area contributed by atoms with Crippen LogP contribution in [0.2, 0.25) is 0 Å². The molecule has 0 spiro atoms. The molecule has 0 bridgehead atoms. The molecule has 0 radical (unpaired) electrons. The number of rotatable bonds is 3. The van der Waals surface area contributed by atoms with Gasteiger partial charge in [0, 0.05) is 6.07 Å². The van der Waals surface area contributed by atoms with E-state index in [1.807, 2.05) is 6.92 Å². The minimum Gasteiger partial charge on any atom is -0.392 e. The van der Waals surface area contributed by atoms with Gasteiger partial charge < -0.3 is 11.1 Å². The van der Waals surface area contributed by atoms with E-state index in [2.05, 4.69) is 15.5 Å². The smallest absolute Gasteiger partial charge is 0.264 e. The summed E-state index contributed by atoms with van der Waals surface area (Å²) in [5.74, 6) is 0.461. The Morgan fingerprint density at radius 1 is 1.61 bits per heavy atom. The Labute approximate surface area is 109 Å². The summed E-state index contributed by atoms with van der Waals surface area (Å²) >= 11 is 4.99. The molecule has 1 fully saturated rings. The molecule has 96 valence electrons. The molecule has 0 unspecified atom stereocenters. The Kier molecular flexibility index (Phi) is 3.16. The normalized spacial score (nSPS) is 26.2. The highest BCUT2D eigenvalue weighted by Gasteiger charge is 2.50. The number of aromatic nitrogens is 2. The van der Waals surface area contributed by atoms with Crippen molar-refractivity contribution < 1.29 is 4.79 Å². The van der Waals surface area contributed by atoms with Crippen molar-refractivity contribution in [1.82, 2.24) is 10.2 Å². The number of hydrogen-bond donors (Lipinski definition) is 3. The molecule has 1 aromatic heterocycles. The van der Waals surface area contributed by atoms with E-state index in [9.17, 15) is 9.59 Å². The number of nitrogens with one attached hydrogen (secondary N) is 2.